The van der Waals surface area contributed by atoms with Gasteiger partial charge in [0, 0.05) is 87.0 Å². The van der Waals surface area contributed by atoms with E-state index < -0.39 is 0 Å². The molecule has 0 atom stereocenters. The summed E-state index contributed by atoms with van der Waals surface area (Å²) in [6.45, 7) is 0.312. The van der Waals surface area contributed by atoms with Crippen LogP contribution in [0.15, 0.2) is 109 Å². The van der Waals surface area contributed by atoms with E-state index in [1.165, 1.54) is 142 Å². The first-order chi connectivity index (χ1) is 26.9. The predicted octanol–water partition coefficient (Wildman–Crippen LogP) is 6.78. The summed E-state index contributed by atoms with van der Waals surface area (Å²) in [5.74, 6) is 0. The zero-order chi connectivity index (χ0) is 33.5. The van der Waals surface area contributed by atoms with E-state index in [0.29, 0.717) is 0 Å². The van der Waals surface area contributed by atoms with Crippen LogP contribution < -0.4 is 32.8 Å². The van der Waals surface area contributed by atoms with Crippen LogP contribution in [-0.4, -0.2) is 31.4 Å². The van der Waals surface area contributed by atoms with Crippen LogP contribution in [0.25, 0.3) is 131 Å². The Labute approximate surface area is 303 Å². The molecule has 11 heterocycles. The second kappa shape index (κ2) is 6.61. The monoisotopic (exact) mass is 672 g/mol. The van der Waals surface area contributed by atoms with E-state index in [1.54, 1.807) is 21.9 Å². The molecule has 0 spiro atoms. The van der Waals surface area contributed by atoms with Crippen LogP contribution in [0.3, 0.4) is 0 Å². The largest absolute Gasteiger partial charge is 0.310 e. The third-order valence-electron chi connectivity index (χ3n) is 15.4. The van der Waals surface area contributed by atoms with Crippen molar-refractivity contribution in [3.05, 3.63) is 109 Å². The molecule has 0 N–H and O–H groups in total. The summed E-state index contributed by atoms with van der Waals surface area (Å²) in [5, 5.41) is 16.6. The molecule has 6 aromatic heterocycles. The van der Waals surface area contributed by atoms with E-state index in [-0.39, 0.29) is 13.4 Å². The highest BCUT2D eigenvalue weighted by Gasteiger charge is 2.54. The van der Waals surface area contributed by atoms with Gasteiger partial charge in [0.05, 0.1) is 44.1 Å². The molecule has 0 aliphatic carbocycles. The van der Waals surface area contributed by atoms with Crippen molar-refractivity contribution in [1.29, 1.82) is 0 Å². The van der Waals surface area contributed by atoms with Crippen LogP contribution in [0.4, 0.5) is 0 Å². The fraction of sp³-hybridized carbons (Fsp3) is 0. The molecule has 14 aromatic rings. The van der Waals surface area contributed by atoms with E-state index in [0.717, 1.165) is 0 Å². The van der Waals surface area contributed by atoms with Crippen LogP contribution >= 0.6 is 0 Å². The normalized spacial score (nSPS) is 15.3. The van der Waals surface area contributed by atoms with Crippen molar-refractivity contribution in [1.82, 2.24) is 17.9 Å². The molecule has 5 aliphatic heterocycles. The van der Waals surface area contributed by atoms with Gasteiger partial charge >= 0.3 is 0 Å². The lowest BCUT2D eigenvalue weighted by Gasteiger charge is -2.43. The van der Waals surface area contributed by atoms with Crippen LogP contribution in [0.2, 0.25) is 0 Å². The maximum absolute atomic E-state index is 2.73. The number of hydrogen-bond donors (Lipinski definition) is 0. The minimum absolute atomic E-state index is 0.156. The molecule has 0 fully saturated rings. The van der Waals surface area contributed by atoms with Gasteiger partial charge in [0.25, 0.3) is 13.4 Å². The Kier molecular flexibility index (Phi) is 2.89. The van der Waals surface area contributed by atoms with E-state index in [2.05, 4.69) is 127 Å². The zero-order valence-electron chi connectivity index (χ0n) is 28.3. The average Bonchev–Trinajstić information content (AvgIpc) is 4.05. The summed E-state index contributed by atoms with van der Waals surface area (Å²) in [7, 11) is 0. The standard InChI is InChI=1S/C48H18B2N4/c1-3-13-31-19(7-1)25-15-27-21-9-5-11-24-30-18-34-36-38-44(30)53(41(21)24)47(27)39-45(25)51(31)33-17-29-23-12-6-10-22-28-16-26-20-8-2-4-14-32(20)52(34)46(26)40-48(28)54(42(22)23)43(29)37(50(36)40)35(33)49(38)39/h1-18H. The molecule has 19 rings (SSSR count). The van der Waals surface area contributed by atoms with Crippen LogP contribution in [0, 0.1) is 0 Å². The number of rotatable bonds is 0. The Morgan fingerprint density at radius 1 is 0.278 bits per heavy atom. The Morgan fingerprint density at radius 3 is 1.11 bits per heavy atom. The molecule has 236 valence electrons. The molecule has 5 aliphatic rings. The Bertz CT molecular complexity index is 4150. The van der Waals surface area contributed by atoms with Crippen LogP contribution in [0.5, 0.6) is 0 Å². The van der Waals surface area contributed by atoms with Gasteiger partial charge in [0.1, 0.15) is 0 Å². The quantitative estimate of drug-likeness (QED) is 0.158. The number of hydrogen-bond acceptors (Lipinski definition) is 0. The molecule has 0 saturated heterocycles. The molecule has 0 bridgehead atoms. The van der Waals surface area contributed by atoms with Crippen molar-refractivity contribution in [2.75, 3.05) is 0 Å². The fourth-order valence-electron chi connectivity index (χ4n) is 14.0. The first-order valence-electron chi connectivity index (χ1n) is 19.4. The predicted molar refractivity (Wildman–Crippen MR) is 227 cm³/mol. The van der Waals surface area contributed by atoms with Crippen LogP contribution in [-0.2, 0) is 0 Å². The number of fused-ring (bicyclic) bond motifs is 12. The molecule has 0 unspecified atom stereocenters. The number of para-hydroxylation sites is 4. The molecule has 8 aromatic carbocycles. The summed E-state index contributed by atoms with van der Waals surface area (Å²) < 4.78 is 10.9. The van der Waals surface area contributed by atoms with E-state index in [9.17, 15) is 0 Å². The first kappa shape index (κ1) is 23.6. The SMILES string of the molecule is c1ccc2c(c1)c1cc3c4cccc5c6cc7c8c9c6n(c3c3c1n2-c1cc2c6cccc%10c%11cc%12c%13ccccc%13n-7c%12c7c%11n(c2c(c1B93)B87)c6%10)c54. The van der Waals surface area contributed by atoms with Crippen molar-refractivity contribution in [2.45, 2.75) is 0 Å². The topological polar surface area (TPSA) is 18.7 Å². The lowest BCUT2D eigenvalue weighted by Crippen LogP contribution is -2.79. The van der Waals surface area contributed by atoms with Crippen LogP contribution in [0.1, 0.15) is 0 Å². The van der Waals surface area contributed by atoms with Gasteiger partial charge in [-0.25, -0.2) is 0 Å². The van der Waals surface area contributed by atoms with Gasteiger partial charge < -0.3 is 17.9 Å². The second-order valence-electron chi connectivity index (χ2n) is 17.0. The van der Waals surface area contributed by atoms with Crippen molar-refractivity contribution >= 4 is 166 Å². The van der Waals surface area contributed by atoms with Gasteiger partial charge in [-0.1, -0.05) is 72.8 Å². The molecule has 0 saturated carbocycles. The summed E-state index contributed by atoms with van der Waals surface area (Å²) in [4.78, 5) is 0. The lowest BCUT2D eigenvalue weighted by molar-refractivity contribution is 1.18. The first-order valence-corrected chi connectivity index (χ1v) is 19.4. The fourth-order valence-corrected chi connectivity index (χ4v) is 14.0. The summed E-state index contributed by atoms with van der Waals surface area (Å²) in [6, 6.07) is 42.9. The maximum Gasteiger partial charge on any atom is 0.251 e. The van der Waals surface area contributed by atoms with E-state index >= 15 is 0 Å². The average molecular weight is 672 g/mol. The molecule has 4 nitrogen and oxygen atoms in total. The molecule has 0 radical (unpaired) electrons. The summed E-state index contributed by atoms with van der Waals surface area (Å²) in [5.41, 5.74) is 26.0. The van der Waals surface area contributed by atoms with Gasteiger partial charge in [-0.3, -0.25) is 0 Å². The van der Waals surface area contributed by atoms with Gasteiger partial charge in [0.15, 0.2) is 0 Å². The van der Waals surface area contributed by atoms with Crippen molar-refractivity contribution < 1.29 is 0 Å². The van der Waals surface area contributed by atoms with Crippen molar-refractivity contribution in [2.24, 2.45) is 0 Å². The highest BCUT2D eigenvalue weighted by molar-refractivity contribution is 7.16. The van der Waals surface area contributed by atoms with Crippen molar-refractivity contribution in [3.63, 3.8) is 0 Å². The summed E-state index contributed by atoms with van der Waals surface area (Å²) >= 11 is 0. The zero-order valence-corrected chi connectivity index (χ0v) is 28.3. The molecule has 6 heteroatoms. The highest BCUT2D eigenvalue weighted by Crippen LogP contribution is 2.49. The molecule has 54 heavy (non-hydrogen) atoms. The minimum Gasteiger partial charge on any atom is -0.310 e. The lowest BCUT2D eigenvalue weighted by atomic mass is 9.19. The van der Waals surface area contributed by atoms with Gasteiger partial charge in [-0.2, -0.15) is 0 Å². The number of benzene rings is 8. The van der Waals surface area contributed by atoms with E-state index in [4.69, 9.17) is 0 Å². The van der Waals surface area contributed by atoms with Crippen molar-refractivity contribution in [3.8, 4) is 11.4 Å². The third kappa shape index (κ3) is 1.83. The third-order valence-corrected chi connectivity index (χ3v) is 15.4. The second-order valence-corrected chi connectivity index (χ2v) is 17.0. The van der Waals surface area contributed by atoms with Gasteiger partial charge in [-0.15, -0.1) is 0 Å². The maximum atomic E-state index is 2.73. The molecular formula is C48H18B2N4. The Hall–Kier alpha value is -6.91. The highest BCUT2D eigenvalue weighted by atomic mass is 15.0. The Balaban J connectivity index is 1.25. The Morgan fingerprint density at radius 2 is 0.648 bits per heavy atom. The molecule has 0 amide bonds. The van der Waals surface area contributed by atoms with Gasteiger partial charge in [0.2, 0.25) is 0 Å². The minimum atomic E-state index is 0.156. The smallest absolute Gasteiger partial charge is 0.251 e. The van der Waals surface area contributed by atoms with Gasteiger partial charge in [-0.05, 0) is 69.2 Å². The molecular weight excluding hydrogens is 654 g/mol. The number of aromatic nitrogens is 4. The number of nitrogens with zero attached hydrogens (tertiary/aromatic N) is 4. The summed E-state index contributed by atoms with van der Waals surface area (Å²) in [6.07, 6.45) is 0. The van der Waals surface area contributed by atoms with E-state index in [1.807, 2.05) is 0 Å².